The molecule has 4 heteroatoms. The van der Waals surface area contributed by atoms with Crippen LogP contribution >= 0.6 is 11.3 Å². The summed E-state index contributed by atoms with van der Waals surface area (Å²) in [4.78, 5) is 5.42. The fourth-order valence-corrected chi connectivity index (χ4v) is 3.64. The van der Waals surface area contributed by atoms with Crippen molar-refractivity contribution in [3.8, 4) is 0 Å². The van der Waals surface area contributed by atoms with Crippen molar-refractivity contribution in [3.05, 3.63) is 21.9 Å². The standard InChI is InChI=1S/C15H26N2OS/c1-4-12-6-7-13(19-12)10-14(16-3)15-11-17(5-2)8-9-18-15/h6-7,14-16H,4-5,8-11H2,1-3H3. The normalized spacial score (nSPS) is 22.6. The zero-order chi connectivity index (χ0) is 13.7. The fourth-order valence-electron chi connectivity index (χ4n) is 2.62. The monoisotopic (exact) mass is 282 g/mol. The molecule has 0 spiro atoms. The molecule has 0 bridgehead atoms. The second-order valence-electron chi connectivity index (χ2n) is 5.12. The van der Waals surface area contributed by atoms with E-state index in [1.165, 1.54) is 9.75 Å². The number of thiophene rings is 1. The van der Waals surface area contributed by atoms with Gasteiger partial charge in [-0.25, -0.2) is 0 Å². The van der Waals surface area contributed by atoms with Gasteiger partial charge in [0.2, 0.25) is 0 Å². The molecule has 2 unspecified atom stereocenters. The lowest BCUT2D eigenvalue weighted by atomic mass is 10.0. The molecule has 19 heavy (non-hydrogen) atoms. The van der Waals surface area contributed by atoms with E-state index in [0.29, 0.717) is 12.1 Å². The molecule has 0 amide bonds. The number of nitrogens with one attached hydrogen (secondary N) is 1. The van der Waals surface area contributed by atoms with Crippen LogP contribution in [0.1, 0.15) is 23.6 Å². The van der Waals surface area contributed by atoms with E-state index in [4.69, 9.17) is 4.74 Å². The summed E-state index contributed by atoms with van der Waals surface area (Å²) >= 11 is 1.94. The lowest BCUT2D eigenvalue weighted by molar-refractivity contribution is -0.0434. The Bertz CT molecular complexity index is 380. The van der Waals surface area contributed by atoms with Crippen LogP contribution in [0.2, 0.25) is 0 Å². The molecule has 3 nitrogen and oxygen atoms in total. The highest BCUT2D eigenvalue weighted by molar-refractivity contribution is 7.11. The summed E-state index contributed by atoms with van der Waals surface area (Å²) in [6.45, 7) is 8.55. The maximum atomic E-state index is 5.97. The topological polar surface area (TPSA) is 24.5 Å². The van der Waals surface area contributed by atoms with Gasteiger partial charge >= 0.3 is 0 Å². The lowest BCUT2D eigenvalue weighted by Gasteiger charge is -2.36. The third-order valence-electron chi connectivity index (χ3n) is 3.93. The lowest BCUT2D eigenvalue weighted by Crippen LogP contribution is -2.52. The Balaban J connectivity index is 1.95. The van der Waals surface area contributed by atoms with Crippen molar-refractivity contribution >= 4 is 11.3 Å². The molecule has 0 saturated carbocycles. The van der Waals surface area contributed by atoms with E-state index >= 15 is 0 Å². The fraction of sp³-hybridized carbons (Fsp3) is 0.733. The van der Waals surface area contributed by atoms with Crippen molar-refractivity contribution in [2.75, 3.05) is 33.3 Å². The van der Waals surface area contributed by atoms with Gasteiger partial charge < -0.3 is 10.1 Å². The minimum absolute atomic E-state index is 0.311. The molecule has 0 aromatic carbocycles. The van der Waals surface area contributed by atoms with Crippen LogP contribution in [0.3, 0.4) is 0 Å². The predicted molar refractivity (Wildman–Crippen MR) is 82.1 cm³/mol. The molecule has 1 aromatic rings. The number of morpholine rings is 1. The third kappa shape index (κ3) is 4.02. The first-order valence-corrected chi connectivity index (χ1v) is 8.17. The molecule has 1 aromatic heterocycles. The number of hydrogen-bond acceptors (Lipinski definition) is 4. The van der Waals surface area contributed by atoms with Crippen LogP contribution in [-0.2, 0) is 17.6 Å². The Kier molecular flexibility index (Phi) is 5.82. The van der Waals surface area contributed by atoms with Crippen molar-refractivity contribution in [1.29, 1.82) is 0 Å². The predicted octanol–water partition coefficient (Wildman–Crippen LogP) is 2.16. The van der Waals surface area contributed by atoms with Crippen LogP contribution in [0.15, 0.2) is 12.1 Å². The van der Waals surface area contributed by atoms with Crippen LogP contribution in [0.25, 0.3) is 0 Å². The molecular weight excluding hydrogens is 256 g/mol. The summed E-state index contributed by atoms with van der Waals surface area (Å²) in [5, 5.41) is 3.45. The quantitative estimate of drug-likeness (QED) is 0.865. The number of likely N-dealkylation sites (N-methyl/N-ethyl adjacent to an activating group) is 2. The van der Waals surface area contributed by atoms with E-state index in [1.54, 1.807) is 0 Å². The van der Waals surface area contributed by atoms with Gasteiger partial charge in [-0.15, -0.1) is 11.3 Å². The van der Waals surface area contributed by atoms with Crippen LogP contribution < -0.4 is 5.32 Å². The zero-order valence-corrected chi connectivity index (χ0v) is 13.1. The van der Waals surface area contributed by atoms with Gasteiger partial charge in [0.1, 0.15) is 0 Å². The van der Waals surface area contributed by atoms with Crippen LogP contribution in [0.5, 0.6) is 0 Å². The molecule has 2 atom stereocenters. The number of hydrogen-bond donors (Lipinski definition) is 1. The van der Waals surface area contributed by atoms with Crippen molar-refractivity contribution in [3.63, 3.8) is 0 Å². The highest BCUT2D eigenvalue weighted by atomic mass is 32.1. The van der Waals surface area contributed by atoms with Crippen LogP contribution in [0, 0.1) is 0 Å². The molecule has 1 N–H and O–H groups in total. The highest BCUT2D eigenvalue weighted by Crippen LogP contribution is 2.20. The molecule has 1 saturated heterocycles. The van der Waals surface area contributed by atoms with E-state index in [-0.39, 0.29) is 0 Å². The van der Waals surface area contributed by atoms with Gasteiger partial charge in [0, 0.05) is 28.9 Å². The number of rotatable bonds is 6. The van der Waals surface area contributed by atoms with Crippen LogP contribution in [0.4, 0.5) is 0 Å². The second-order valence-corrected chi connectivity index (χ2v) is 6.38. The molecule has 1 aliphatic heterocycles. The maximum Gasteiger partial charge on any atom is 0.0858 e. The summed E-state index contributed by atoms with van der Waals surface area (Å²) in [6, 6.07) is 4.94. The van der Waals surface area contributed by atoms with E-state index in [0.717, 1.165) is 39.1 Å². The molecule has 1 fully saturated rings. The highest BCUT2D eigenvalue weighted by Gasteiger charge is 2.27. The average Bonchev–Trinajstić information content (AvgIpc) is 2.92. The summed E-state index contributed by atoms with van der Waals surface area (Å²) in [5.74, 6) is 0. The number of nitrogens with zero attached hydrogens (tertiary/aromatic N) is 1. The minimum Gasteiger partial charge on any atom is -0.374 e. The van der Waals surface area contributed by atoms with Crippen LogP contribution in [-0.4, -0.2) is 50.3 Å². The molecule has 2 heterocycles. The summed E-state index contributed by atoms with van der Waals surface area (Å²) < 4.78 is 5.97. The Morgan fingerprint density at radius 3 is 2.84 bits per heavy atom. The van der Waals surface area contributed by atoms with Crippen molar-refractivity contribution in [2.24, 2.45) is 0 Å². The van der Waals surface area contributed by atoms with Gasteiger partial charge in [-0.2, -0.15) is 0 Å². The van der Waals surface area contributed by atoms with E-state index in [2.05, 4.69) is 36.2 Å². The Morgan fingerprint density at radius 2 is 2.21 bits per heavy atom. The van der Waals surface area contributed by atoms with Crippen molar-refractivity contribution in [2.45, 2.75) is 38.8 Å². The average molecular weight is 282 g/mol. The summed E-state index contributed by atoms with van der Waals surface area (Å²) in [7, 11) is 2.05. The van der Waals surface area contributed by atoms with E-state index < -0.39 is 0 Å². The molecular formula is C15H26N2OS. The largest absolute Gasteiger partial charge is 0.374 e. The Hall–Kier alpha value is -0.420. The third-order valence-corrected chi connectivity index (χ3v) is 5.18. The Labute approximate surface area is 121 Å². The minimum atomic E-state index is 0.311. The van der Waals surface area contributed by atoms with Crippen molar-refractivity contribution in [1.82, 2.24) is 10.2 Å². The van der Waals surface area contributed by atoms with Gasteiger partial charge in [0.05, 0.1) is 12.7 Å². The zero-order valence-electron chi connectivity index (χ0n) is 12.3. The summed E-state index contributed by atoms with van der Waals surface area (Å²) in [5.41, 5.74) is 0. The molecule has 0 radical (unpaired) electrons. The van der Waals surface area contributed by atoms with E-state index in [1.807, 2.05) is 18.4 Å². The Morgan fingerprint density at radius 1 is 1.42 bits per heavy atom. The van der Waals surface area contributed by atoms with Crippen molar-refractivity contribution < 1.29 is 4.74 Å². The first kappa shape index (κ1) is 15.0. The van der Waals surface area contributed by atoms with Gasteiger partial charge in [-0.3, -0.25) is 4.90 Å². The van der Waals surface area contributed by atoms with Gasteiger partial charge in [0.25, 0.3) is 0 Å². The number of ether oxygens (including phenoxy) is 1. The van der Waals surface area contributed by atoms with E-state index in [9.17, 15) is 0 Å². The summed E-state index contributed by atoms with van der Waals surface area (Å²) in [6.07, 6.45) is 2.52. The molecule has 1 aliphatic rings. The molecule has 2 rings (SSSR count). The van der Waals surface area contributed by atoms with Gasteiger partial charge in [0.15, 0.2) is 0 Å². The van der Waals surface area contributed by atoms with Gasteiger partial charge in [-0.1, -0.05) is 13.8 Å². The maximum absolute atomic E-state index is 5.97. The first-order chi connectivity index (χ1) is 9.26. The molecule has 108 valence electrons. The molecule has 0 aliphatic carbocycles. The van der Waals surface area contributed by atoms with Gasteiger partial charge in [-0.05, 0) is 38.6 Å². The first-order valence-electron chi connectivity index (χ1n) is 7.35. The smallest absolute Gasteiger partial charge is 0.0858 e. The second kappa shape index (κ2) is 7.39. The SMILES string of the molecule is CCc1ccc(CC(NC)C2CN(CC)CCO2)s1. The number of aryl methyl sites for hydroxylation is 1.